The summed E-state index contributed by atoms with van der Waals surface area (Å²) in [5, 5.41) is 11.9. The van der Waals surface area contributed by atoms with Crippen molar-refractivity contribution in [1.82, 2.24) is 20.5 Å². The minimum absolute atomic E-state index is 0.534. The third-order valence-corrected chi connectivity index (χ3v) is 3.70. The first-order valence-electron chi connectivity index (χ1n) is 5.75. The molecule has 0 aliphatic rings. The largest absolute Gasteiger partial charge is 0.378 e. The second-order valence-electron chi connectivity index (χ2n) is 3.82. The van der Waals surface area contributed by atoms with Crippen LogP contribution >= 0.6 is 22.9 Å². The Morgan fingerprint density at radius 2 is 2.37 bits per heavy atom. The molecule has 0 saturated heterocycles. The number of hydrogen-bond donors (Lipinski definition) is 2. The summed E-state index contributed by atoms with van der Waals surface area (Å²) in [6.07, 6.45) is 2.36. The Balaban J connectivity index is 2.00. The highest BCUT2D eigenvalue weighted by Gasteiger charge is 2.12. The van der Waals surface area contributed by atoms with E-state index in [1.807, 2.05) is 12.1 Å². The number of nitrogens with one attached hydrogen (secondary N) is 1. The zero-order valence-corrected chi connectivity index (χ0v) is 11.8. The molecule has 2 rings (SSSR count). The van der Waals surface area contributed by atoms with E-state index in [1.54, 1.807) is 6.20 Å². The molecular formula is C12H14ClN5S. The van der Waals surface area contributed by atoms with Crippen LogP contribution in [0.1, 0.15) is 16.4 Å². The number of aromatic nitrogens is 3. The average molecular weight is 296 g/mol. The molecule has 0 bridgehead atoms. The van der Waals surface area contributed by atoms with Gasteiger partial charge >= 0.3 is 0 Å². The minimum atomic E-state index is 0.534. The van der Waals surface area contributed by atoms with Gasteiger partial charge in [-0.15, -0.1) is 11.3 Å². The first-order valence-corrected chi connectivity index (χ1v) is 6.95. The Labute approximate surface area is 120 Å². The molecule has 0 unspecified atom stereocenters. The molecule has 0 radical (unpaired) electrons. The summed E-state index contributed by atoms with van der Waals surface area (Å²) >= 11 is 7.58. The molecule has 0 aliphatic heterocycles. The van der Waals surface area contributed by atoms with Crippen molar-refractivity contribution in [1.29, 1.82) is 0 Å². The highest BCUT2D eigenvalue weighted by atomic mass is 35.5. The van der Waals surface area contributed by atoms with Crippen LogP contribution < -0.4 is 11.1 Å². The summed E-state index contributed by atoms with van der Waals surface area (Å²) in [5.74, 6) is 0. The molecule has 19 heavy (non-hydrogen) atoms. The number of halogens is 1. The van der Waals surface area contributed by atoms with Gasteiger partial charge in [0.15, 0.2) is 0 Å². The van der Waals surface area contributed by atoms with E-state index in [-0.39, 0.29) is 0 Å². The molecule has 0 saturated carbocycles. The molecule has 7 heteroatoms. The SMILES string of the molecule is C=C(NCc1cccnn1)c1nc(CCN)sc1Cl. The predicted octanol–water partition coefficient (Wildman–Crippen LogP) is 1.85. The number of nitrogens with zero attached hydrogens (tertiary/aromatic N) is 3. The van der Waals surface area contributed by atoms with Crippen LogP contribution in [0.3, 0.4) is 0 Å². The van der Waals surface area contributed by atoms with E-state index in [0.717, 1.165) is 17.1 Å². The van der Waals surface area contributed by atoms with Gasteiger partial charge in [-0.2, -0.15) is 10.2 Å². The van der Waals surface area contributed by atoms with Gasteiger partial charge in [0.05, 0.1) is 22.9 Å². The van der Waals surface area contributed by atoms with E-state index in [0.29, 0.717) is 28.8 Å². The minimum Gasteiger partial charge on any atom is -0.378 e. The smallest absolute Gasteiger partial charge is 0.122 e. The summed E-state index contributed by atoms with van der Waals surface area (Å²) in [5.41, 5.74) is 7.69. The second-order valence-corrected chi connectivity index (χ2v) is 5.50. The monoisotopic (exact) mass is 295 g/mol. The van der Waals surface area contributed by atoms with Crippen molar-refractivity contribution < 1.29 is 0 Å². The molecule has 2 heterocycles. The van der Waals surface area contributed by atoms with Crippen molar-refractivity contribution in [2.45, 2.75) is 13.0 Å². The van der Waals surface area contributed by atoms with Crippen LogP contribution in [-0.2, 0) is 13.0 Å². The fourth-order valence-electron chi connectivity index (χ4n) is 1.47. The van der Waals surface area contributed by atoms with Crippen LogP contribution in [0.15, 0.2) is 24.9 Å². The van der Waals surface area contributed by atoms with Crippen molar-refractivity contribution in [2.75, 3.05) is 6.54 Å². The highest BCUT2D eigenvalue weighted by Crippen LogP contribution is 2.28. The van der Waals surface area contributed by atoms with E-state index >= 15 is 0 Å². The van der Waals surface area contributed by atoms with Crippen LogP contribution in [-0.4, -0.2) is 21.7 Å². The van der Waals surface area contributed by atoms with Crippen LogP contribution in [0.2, 0.25) is 4.34 Å². The van der Waals surface area contributed by atoms with Crippen LogP contribution in [0.4, 0.5) is 0 Å². The zero-order chi connectivity index (χ0) is 13.7. The molecule has 0 spiro atoms. The van der Waals surface area contributed by atoms with E-state index in [9.17, 15) is 0 Å². The van der Waals surface area contributed by atoms with E-state index < -0.39 is 0 Å². The Bertz CT molecular complexity index is 555. The lowest BCUT2D eigenvalue weighted by atomic mass is 10.3. The van der Waals surface area contributed by atoms with Crippen LogP contribution in [0.5, 0.6) is 0 Å². The topological polar surface area (TPSA) is 76.7 Å². The summed E-state index contributed by atoms with van der Waals surface area (Å²) in [6, 6.07) is 3.72. The Hall–Kier alpha value is -1.50. The van der Waals surface area contributed by atoms with Gasteiger partial charge < -0.3 is 11.1 Å². The van der Waals surface area contributed by atoms with Crippen molar-refractivity contribution in [2.24, 2.45) is 5.73 Å². The van der Waals surface area contributed by atoms with Crippen LogP contribution in [0, 0.1) is 0 Å². The number of rotatable bonds is 6. The van der Waals surface area contributed by atoms with Crippen molar-refractivity contribution >= 4 is 28.6 Å². The van der Waals surface area contributed by atoms with Crippen molar-refractivity contribution in [3.05, 3.63) is 45.6 Å². The molecule has 5 nitrogen and oxygen atoms in total. The van der Waals surface area contributed by atoms with Gasteiger partial charge in [0.2, 0.25) is 0 Å². The van der Waals surface area contributed by atoms with Gasteiger partial charge in [-0.25, -0.2) is 4.98 Å². The second kappa shape index (κ2) is 6.60. The average Bonchev–Trinajstić information content (AvgIpc) is 2.79. The fraction of sp³-hybridized carbons (Fsp3) is 0.250. The Kier molecular flexibility index (Phi) is 4.84. The first kappa shape index (κ1) is 13.9. The molecule has 0 fully saturated rings. The maximum Gasteiger partial charge on any atom is 0.122 e. The lowest BCUT2D eigenvalue weighted by Gasteiger charge is -2.06. The maximum atomic E-state index is 6.14. The van der Waals surface area contributed by atoms with Gasteiger partial charge in [-0.1, -0.05) is 18.2 Å². The molecule has 3 N–H and O–H groups in total. The van der Waals surface area contributed by atoms with Gasteiger partial charge in [-0.3, -0.25) is 0 Å². The lowest BCUT2D eigenvalue weighted by Crippen LogP contribution is -2.13. The van der Waals surface area contributed by atoms with E-state index in [2.05, 4.69) is 27.1 Å². The van der Waals surface area contributed by atoms with Crippen molar-refractivity contribution in [3.63, 3.8) is 0 Å². The zero-order valence-electron chi connectivity index (χ0n) is 10.3. The van der Waals surface area contributed by atoms with Gasteiger partial charge in [0, 0.05) is 12.6 Å². The first-order chi connectivity index (χ1) is 9.20. The summed E-state index contributed by atoms with van der Waals surface area (Å²) < 4.78 is 0.625. The molecule has 2 aromatic heterocycles. The van der Waals surface area contributed by atoms with Gasteiger partial charge in [0.1, 0.15) is 10.0 Å². The third kappa shape index (κ3) is 3.73. The van der Waals surface area contributed by atoms with Gasteiger partial charge in [-0.05, 0) is 18.7 Å². The highest BCUT2D eigenvalue weighted by molar-refractivity contribution is 7.16. The summed E-state index contributed by atoms with van der Waals surface area (Å²) in [6.45, 7) is 5.04. The maximum absolute atomic E-state index is 6.14. The number of hydrogen-bond acceptors (Lipinski definition) is 6. The number of nitrogens with two attached hydrogens (primary N) is 1. The summed E-state index contributed by atoms with van der Waals surface area (Å²) in [4.78, 5) is 4.42. The normalized spacial score (nSPS) is 10.4. The quantitative estimate of drug-likeness (QED) is 0.850. The molecule has 0 aliphatic carbocycles. The van der Waals surface area contributed by atoms with Crippen molar-refractivity contribution in [3.8, 4) is 0 Å². The fourth-order valence-corrected chi connectivity index (χ4v) is 2.72. The molecule has 0 amide bonds. The molecule has 0 atom stereocenters. The van der Waals surface area contributed by atoms with Crippen LogP contribution in [0.25, 0.3) is 5.70 Å². The predicted molar refractivity (Wildman–Crippen MR) is 77.8 cm³/mol. The third-order valence-electron chi connectivity index (χ3n) is 2.38. The van der Waals surface area contributed by atoms with E-state index in [1.165, 1.54) is 11.3 Å². The lowest BCUT2D eigenvalue weighted by molar-refractivity contribution is 0.813. The molecule has 2 aromatic rings. The Morgan fingerprint density at radius 1 is 1.53 bits per heavy atom. The number of thiazole rings is 1. The van der Waals surface area contributed by atoms with Gasteiger partial charge in [0.25, 0.3) is 0 Å². The van der Waals surface area contributed by atoms with E-state index in [4.69, 9.17) is 17.3 Å². The standard InChI is InChI=1S/C12H14ClN5S/c1-8(15-7-9-3-2-6-16-18-9)11-12(13)19-10(17-11)4-5-14/h2-3,6,15H,1,4-5,7,14H2. The molecular weight excluding hydrogens is 282 g/mol. The molecule has 0 aromatic carbocycles. The Morgan fingerprint density at radius 3 is 3.05 bits per heavy atom. The molecule has 100 valence electrons. The summed E-state index contributed by atoms with van der Waals surface area (Å²) in [7, 11) is 0.